The Hall–Kier alpha value is -4.41. The molecule has 0 unspecified atom stereocenters. The largest absolute Gasteiger partial charge is 0.273 e. The quantitative estimate of drug-likeness (QED) is 0.494. The molecule has 2 heterocycles. The standard InChI is InChI=1S/C19H15FN8O2/c1-12-15(10-22-28(12)17-5-3-2-4-16(17)20)19(30)24-23-18(29)13-6-8-14(9-7-13)27-11-21-25-26-27/h2-11H,1H3,(H,23,29)(H,24,30). The molecular formula is C19H15FN8O2. The number of nitrogens with zero attached hydrogens (tertiary/aromatic N) is 6. The second kappa shape index (κ2) is 7.91. The number of hydrogen-bond donors (Lipinski definition) is 2. The van der Waals surface area contributed by atoms with E-state index in [1.54, 1.807) is 49.4 Å². The highest BCUT2D eigenvalue weighted by atomic mass is 19.1. The third-order valence-corrected chi connectivity index (χ3v) is 4.37. The van der Waals surface area contributed by atoms with Crippen molar-refractivity contribution in [3.8, 4) is 11.4 Å². The zero-order valence-corrected chi connectivity index (χ0v) is 15.7. The van der Waals surface area contributed by atoms with E-state index in [-0.39, 0.29) is 11.3 Å². The van der Waals surface area contributed by atoms with Crippen LogP contribution in [0.25, 0.3) is 11.4 Å². The van der Waals surface area contributed by atoms with E-state index in [2.05, 4.69) is 31.5 Å². The van der Waals surface area contributed by atoms with Crippen molar-refractivity contribution in [1.29, 1.82) is 0 Å². The summed E-state index contributed by atoms with van der Waals surface area (Å²) in [5, 5.41) is 14.9. The lowest BCUT2D eigenvalue weighted by atomic mass is 10.2. The minimum Gasteiger partial charge on any atom is -0.267 e. The first-order valence-electron chi connectivity index (χ1n) is 8.78. The lowest BCUT2D eigenvalue weighted by Gasteiger charge is -2.09. The highest BCUT2D eigenvalue weighted by molar-refractivity contribution is 5.99. The first-order valence-corrected chi connectivity index (χ1v) is 8.78. The average molecular weight is 406 g/mol. The van der Waals surface area contributed by atoms with Crippen LogP contribution in [0, 0.1) is 12.7 Å². The number of rotatable bonds is 4. The molecule has 0 bridgehead atoms. The number of hydrazine groups is 1. The van der Waals surface area contributed by atoms with Crippen LogP contribution < -0.4 is 10.9 Å². The number of hydrogen-bond acceptors (Lipinski definition) is 6. The summed E-state index contributed by atoms with van der Waals surface area (Å²) in [6, 6.07) is 12.6. The normalized spacial score (nSPS) is 10.6. The predicted molar refractivity (Wildman–Crippen MR) is 102 cm³/mol. The van der Waals surface area contributed by atoms with Crippen molar-refractivity contribution in [2.24, 2.45) is 0 Å². The summed E-state index contributed by atoms with van der Waals surface area (Å²) in [6.07, 6.45) is 2.74. The zero-order chi connectivity index (χ0) is 21.1. The second-order valence-corrected chi connectivity index (χ2v) is 6.22. The molecule has 10 nitrogen and oxygen atoms in total. The Bertz CT molecular complexity index is 1200. The van der Waals surface area contributed by atoms with Crippen molar-refractivity contribution in [1.82, 2.24) is 40.8 Å². The highest BCUT2D eigenvalue weighted by Crippen LogP contribution is 2.17. The maximum Gasteiger partial charge on any atom is 0.273 e. The van der Waals surface area contributed by atoms with Crippen LogP contribution in [0.5, 0.6) is 0 Å². The van der Waals surface area contributed by atoms with Gasteiger partial charge >= 0.3 is 0 Å². The van der Waals surface area contributed by atoms with Crippen LogP contribution in [0.2, 0.25) is 0 Å². The van der Waals surface area contributed by atoms with Gasteiger partial charge in [-0.1, -0.05) is 12.1 Å². The van der Waals surface area contributed by atoms with Crippen LogP contribution >= 0.6 is 0 Å². The van der Waals surface area contributed by atoms with Gasteiger partial charge in [-0.25, -0.2) is 13.8 Å². The lowest BCUT2D eigenvalue weighted by Crippen LogP contribution is -2.41. The molecule has 2 N–H and O–H groups in total. The van der Waals surface area contributed by atoms with Gasteiger partial charge in [0.05, 0.1) is 23.1 Å². The van der Waals surface area contributed by atoms with E-state index in [9.17, 15) is 14.0 Å². The van der Waals surface area contributed by atoms with Crippen molar-refractivity contribution in [2.45, 2.75) is 6.92 Å². The number of para-hydroxylation sites is 1. The van der Waals surface area contributed by atoms with Gasteiger partial charge in [-0.15, -0.1) is 5.10 Å². The molecule has 30 heavy (non-hydrogen) atoms. The van der Waals surface area contributed by atoms with E-state index < -0.39 is 17.6 Å². The Morgan fingerprint density at radius 3 is 2.43 bits per heavy atom. The summed E-state index contributed by atoms with van der Waals surface area (Å²) in [5.41, 5.74) is 6.53. The van der Waals surface area contributed by atoms with Gasteiger partial charge in [-0.05, 0) is 53.7 Å². The molecule has 0 aliphatic carbocycles. The molecule has 4 rings (SSSR count). The maximum atomic E-state index is 14.0. The van der Waals surface area contributed by atoms with Crippen molar-refractivity contribution in [2.75, 3.05) is 0 Å². The number of halogens is 1. The fraction of sp³-hybridized carbons (Fsp3) is 0.0526. The number of benzene rings is 2. The van der Waals surface area contributed by atoms with Crippen LogP contribution in [0.4, 0.5) is 4.39 Å². The SMILES string of the molecule is Cc1c(C(=O)NNC(=O)c2ccc(-n3cnnn3)cc2)cnn1-c1ccccc1F. The molecule has 150 valence electrons. The van der Waals surface area contributed by atoms with Gasteiger partial charge in [0, 0.05) is 5.56 Å². The van der Waals surface area contributed by atoms with Gasteiger partial charge in [0.15, 0.2) is 0 Å². The van der Waals surface area contributed by atoms with Crippen molar-refractivity contribution in [3.63, 3.8) is 0 Å². The van der Waals surface area contributed by atoms with E-state index >= 15 is 0 Å². The van der Waals surface area contributed by atoms with E-state index in [1.165, 1.54) is 28.0 Å². The smallest absolute Gasteiger partial charge is 0.267 e. The summed E-state index contributed by atoms with van der Waals surface area (Å²) in [7, 11) is 0. The minimum atomic E-state index is -0.575. The van der Waals surface area contributed by atoms with Crippen LogP contribution in [0.15, 0.2) is 61.1 Å². The minimum absolute atomic E-state index is 0.201. The molecule has 0 aliphatic rings. The summed E-state index contributed by atoms with van der Waals surface area (Å²) in [4.78, 5) is 24.7. The highest BCUT2D eigenvalue weighted by Gasteiger charge is 2.17. The topological polar surface area (TPSA) is 120 Å². The lowest BCUT2D eigenvalue weighted by molar-refractivity contribution is 0.0846. The first kappa shape index (κ1) is 18.9. The summed E-state index contributed by atoms with van der Waals surface area (Å²) in [6.45, 7) is 1.63. The van der Waals surface area contributed by atoms with Gasteiger partial charge in [0.1, 0.15) is 17.8 Å². The molecular weight excluding hydrogens is 391 g/mol. The predicted octanol–water partition coefficient (Wildman–Crippen LogP) is 1.37. The van der Waals surface area contributed by atoms with E-state index in [0.717, 1.165) is 0 Å². The van der Waals surface area contributed by atoms with Crippen LogP contribution in [0.3, 0.4) is 0 Å². The number of nitrogens with one attached hydrogen (secondary N) is 2. The molecule has 11 heteroatoms. The molecule has 4 aromatic rings. The fourth-order valence-corrected chi connectivity index (χ4v) is 2.80. The van der Waals surface area contributed by atoms with Crippen molar-refractivity contribution < 1.29 is 14.0 Å². The number of carbonyl (C=O) groups is 2. The first-order chi connectivity index (χ1) is 14.5. The maximum absolute atomic E-state index is 14.0. The molecule has 0 fully saturated rings. The van der Waals surface area contributed by atoms with Crippen LogP contribution in [-0.2, 0) is 0 Å². The monoisotopic (exact) mass is 406 g/mol. The third-order valence-electron chi connectivity index (χ3n) is 4.37. The summed E-state index contributed by atoms with van der Waals surface area (Å²) < 4.78 is 16.8. The molecule has 0 spiro atoms. The Morgan fingerprint density at radius 2 is 1.73 bits per heavy atom. The Kier molecular flexibility index (Phi) is 4.99. The molecule has 0 saturated carbocycles. The molecule has 0 radical (unpaired) electrons. The number of amides is 2. The second-order valence-electron chi connectivity index (χ2n) is 6.22. The third kappa shape index (κ3) is 3.63. The van der Waals surface area contributed by atoms with Crippen molar-refractivity contribution in [3.05, 3.63) is 83.7 Å². The number of aromatic nitrogens is 6. The molecule has 0 atom stereocenters. The van der Waals surface area contributed by atoms with E-state index in [4.69, 9.17) is 0 Å². The fourth-order valence-electron chi connectivity index (χ4n) is 2.80. The van der Waals surface area contributed by atoms with Crippen molar-refractivity contribution >= 4 is 11.8 Å². The van der Waals surface area contributed by atoms with Gasteiger partial charge in [-0.3, -0.25) is 20.4 Å². The molecule has 2 aromatic carbocycles. The van der Waals surface area contributed by atoms with E-state index in [0.29, 0.717) is 16.9 Å². The van der Waals surface area contributed by atoms with Crippen LogP contribution in [-0.4, -0.2) is 41.8 Å². The molecule has 0 aliphatic heterocycles. The Balaban J connectivity index is 1.42. The van der Waals surface area contributed by atoms with Crippen LogP contribution in [0.1, 0.15) is 26.4 Å². The summed E-state index contributed by atoms with van der Waals surface area (Å²) >= 11 is 0. The molecule has 2 amide bonds. The molecule has 0 saturated heterocycles. The van der Waals surface area contributed by atoms with Gasteiger partial charge < -0.3 is 0 Å². The van der Waals surface area contributed by atoms with E-state index in [1.807, 2.05) is 0 Å². The van der Waals surface area contributed by atoms with Gasteiger partial charge in [0.2, 0.25) is 0 Å². The number of carbonyl (C=O) groups excluding carboxylic acids is 2. The summed E-state index contributed by atoms with van der Waals surface area (Å²) in [5.74, 6) is -1.55. The average Bonchev–Trinajstić information content (AvgIpc) is 3.43. The zero-order valence-electron chi connectivity index (χ0n) is 15.7. The number of tetrazole rings is 1. The molecule has 2 aromatic heterocycles. The van der Waals surface area contributed by atoms with Gasteiger partial charge in [0.25, 0.3) is 11.8 Å². The van der Waals surface area contributed by atoms with Gasteiger partial charge in [-0.2, -0.15) is 5.10 Å². The Labute approximate surface area is 169 Å². The Morgan fingerprint density at radius 1 is 1.00 bits per heavy atom.